The van der Waals surface area contributed by atoms with Crippen LogP contribution < -0.4 is 0 Å². The lowest BCUT2D eigenvalue weighted by molar-refractivity contribution is 1.16. The van der Waals surface area contributed by atoms with Crippen molar-refractivity contribution in [3.63, 3.8) is 0 Å². The van der Waals surface area contributed by atoms with E-state index < -0.39 is 0 Å². The first-order chi connectivity index (χ1) is 4.93. The van der Waals surface area contributed by atoms with Crippen molar-refractivity contribution in [3.05, 3.63) is 35.9 Å². The van der Waals surface area contributed by atoms with Gasteiger partial charge in [0.05, 0.1) is 0 Å². The molecule has 0 aliphatic carbocycles. The molecule has 0 radical (unpaired) electrons. The van der Waals surface area contributed by atoms with Gasteiger partial charge in [0.15, 0.2) is 0 Å². The first kappa shape index (κ1) is 8.40. The monoisotopic (exact) mass is 264 g/mol. The summed E-state index contributed by atoms with van der Waals surface area (Å²) in [5.41, 5.74) is 1.44. The van der Waals surface area contributed by atoms with Gasteiger partial charge in [0.1, 0.15) is 0 Å². The van der Waals surface area contributed by atoms with Crippen LogP contribution in [0.15, 0.2) is 30.3 Å². The molecule has 2 heteroatoms. The van der Waals surface area contributed by atoms with Gasteiger partial charge in [0.25, 0.3) is 0 Å². The molecule has 0 saturated heterocycles. The van der Waals surface area contributed by atoms with E-state index in [0.29, 0.717) is 0 Å². The summed E-state index contributed by atoms with van der Waals surface area (Å²) in [6, 6.07) is 10.6. The molecule has 1 rings (SSSR count). The predicted molar refractivity (Wildman–Crippen MR) is 56.6 cm³/mol. The molecule has 0 unspecified atom stereocenters. The molecule has 0 aliphatic heterocycles. The summed E-state index contributed by atoms with van der Waals surface area (Å²) in [6.45, 7) is 0. The lowest BCUT2D eigenvalue weighted by Gasteiger charge is -1.95. The van der Waals surface area contributed by atoms with Gasteiger partial charge in [0.2, 0.25) is 0 Å². The summed E-state index contributed by atoms with van der Waals surface area (Å²) in [7, 11) is 1.87. The van der Waals surface area contributed by atoms with Crippen molar-refractivity contribution in [3.8, 4) is 0 Å². The van der Waals surface area contributed by atoms with E-state index in [9.17, 15) is 0 Å². The minimum atomic E-state index is 1.19. The number of benzene rings is 1. The molecule has 0 heterocycles. The van der Waals surface area contributed by atoms with Crippen LogP contribution in [-0.4, -0.2) is 5.75 Å². The highest BCUT2D eigenvalue weighted by Crippen LogP contribution is 2.13. The first-order valence-electron chi connectivity index (χ1n) is 3.21. The second-order valence-corrected chi connectivity index (χ2v) is 4.54. The van der Waals surface area contributed by atoms with Crippen molar-refractivity contribution in [2.45, 2.75) is 6.42 Å². The summed E-state index contributed by atoms with van der Waals surface area (Å²) in [5, 5.41) is 0. The van der Waals surface area contributed by atoms with Gasteiger partial charge in [-0.3, -0.25) is 0 Å². The van der Waals surface area contributed by atoms with Gasteiger partial charge < -0.3 is 0 Å². The van der Waals surface area contributed by atoms with Crippen LogP contribution in [0.2, 0.25) is 0 Å². The van der Waals surface area contributed by atoms with Gasteiger partial charge in [0, 0.05) is 5.75 Å². The molecule has 1 aromatic rings. The Morgan fingerprint density at radius 1 is 1.20 bits per heavy atom. The Labute approximate surface area is 78.0 Å². The number of rotatable bonds is 3. The molecule has 0 fully saturated rings. The van der Waals surface area contributed by atoms with Crippen LogP contribution in [0.5, 0.6) is 0 Å². The topological polar surface area (TPSA) is 0 Å². The van der Waals surface area contributed by atoms with Crippen molar-refractivity contribution in [1.82, 2.24) is 0 Å². The van der Waals surface area contributed by atoms with E-state index in [4.69, 9.17) is 0 Å². The van der Waals surface area contributed by atoms with Crippen LogP contribution in [0, 0.1) is 0 Å². The van der Waals surface area contributed by atoms with Gasteiger partial charge in [-0.1, -0.05) is 39.3 Å². The van der Waals surface area contributed by atoms with Crippen LogP contribution in [0.3, 0.4) is 0 Å². The normalized spacial score (nSPS) is 9.70. The maximum Gasteiger partial charge on any atom is 0.00739 e. The summed E-state index contributed by atoms with van der Waals surface area (Å²) in [4.78, 5) is 0. The fourth-order valence-corrected chi connectivity index (χ4v) is 1.77. The van der Waals surface area contributed by atoms with Crippen molar-refractivity contribution in [2.24, 2.45) is 0 Å². The number of halogens is 1. The van der Waals surface area contributed by atoms with Crippen molar-refractivity contribution in [2.75, 3.05) is 5.75 Å². The third-order valence-electron chi connectivity index (χ3n) is 1.31. The maximum absolute atomic E-state index is 2.33. The fraction of sp³-hybridized carbons (Fsp3) is 0.250. The van der Waals surface area contributed by atoms with Crippen LogP contribution in [0.25, 0.3) is 0 Å². The zero-order valence-corrected chi connectivity index (χ0v) is 8.56. The van der Waals surface area contributed by atoms with E-state index in [1.807, 2.05) is 8.93 Å². The predicted octanol–water partition coefficient (Wildman–Crippen LogP) is 3.31. The molecular weight excluding hydrogens is 255 g/mol. The summed E-state index contributed by atoms with van der Waals surface area (Å²) in [5.74, 6) is 1.21. The largest absolute Gasteiger partial charge is 0.0890 e. The van der Waals surface area contributed by atoms with Gasteiger partial charge in [-0.15, -0.1) is 0 Å². The Bertz CT molecular complexity index is 174. The first-order valence-corrected chi connectivity index (χ1v) is 6.74. The van der Waals surface area contributed by atoms with E-state index in [-0.39, 0.29) is 0 Å². The Balaban J connectivity index is 2.43. The Morgan fingerprint density at radius 2 is 1.90 bits per heavy atom. The van der Waals surface area contributed by atoms with Crippen molar-refractivity contribution < 1.29 is 0 Å². The van der Waals surface area contributed by atoms with Gasteiger partial charge >= 0.3 is 0 Å². The van der Waals surface area contributed by atoms with Crippen LogP contribution in [-0.2, 0) is 6.42 Å². The second kappa shape index (κ2) is 5.02. The van der Waals surface area contributed by atoms with Crippen LogP contribution in [0.4, 0.5) is 0 Å². The molecule has 54 valence electrons. The number of hydrogen-bond donors (Lipinski definition) is 0. The quantitative estimate of drug-likeness (QED) is 0.755. The molecular formula is C8H9IS. The number of aryl methyl sites for hydroxylation is 1. The standard InChI is InChI=1S/C8H9IS/c9-10-7-6-8-4-2-1-3-5-8/h1-5H,6-7H2. The van der Waals surface area contributed by atoms with Gasteiger partial charge in [-0.2, -0.15) is 0 Å². The van der Waals surface area contributed by atoms with Crippen LogP contribution in [0.1, 0.15) is 5.56 Å². The summed E-state index contributed by atoms with van der Waals surface area (Å²) >= 11 is 2.33. The smallest absolute Gasteiger partial charge is 0.00739 e. The molecule has 0 nitrogen and oxygen atoms in total. The SMILES string of the molecule is ISCCc1ccccc1. The van der Waals surface area contributed by atoms with Crippen molar-refractivity contribution >= 4 is 30.1 Å². The van der Waals surface area contributed by atoms with E-state index in [1.54, 1.807) is 0 Å². The van der Waals surface area contributed by atoms with E-state index >= 15 is 0 Å². The Kier molecular flexibility index (Phi) is 4.21. The molecule has 1 aromatic carbocycles. The molecule has 0 N–H and O–H groups in total. The summed E-state index contributed by atoms with van der Waals surface area (Å²) in [6.07, 6.45) is 1.19. The molecule has 10 heavy (non-hydrogen) atoms. The Hall–Kier alpha value is 0.300. The average molecular weight is 264 g/mol. The second-order valence-electron chi connectivity index (χ2n) is 2.05. The minimum absolute atomic E-state index is 1.19. The van der Waals surface area contributed by atoms with Gasteiger partial charge in [-0.25, -0.2) is 0 Å². The van der Waals surface area contributed by atoms with Gasteiger partial charge in [-0.05, 0) is 33.2 Å². The number of hydrogen-bond acceptors (Lipinski definition) is 1. The highest BCUT2D eigenvalue weighted by molar-refractivity contribution is 14.2. The van der Waals surface area contributed by atoms with E-state index in [1.165, 1.54) is 17.7 Å². The highest BCUT2D eigenvalue weighted by atomic mass is 127. The Morgan fingerprint density at radius 3 is 2.50 bits per heavy atom. The summed E-state index contributed by atoms with van der Waals surface area (Å²) < 4.78 is 0. The zero-order chi connectivity index (χ0) is 7.23. The van der Waals surface area contributed by atoms with Crippen LogP contribution >= 0.6 is 30.1 Å². The molecule has 0 aromatic heterocycles. The van der Waals surface area contributed by atoms with E-state index in [2.05, 4.69) is 51.5 Å². The molecule has 0 bridgehead atoms. The molecule has 0 spiro atoms. The van der Waals surface area contributed by atoms with E-state index in [0.717, 1.165) is 0 Å². The third-order valence-corrected chi connectivity index (χ3v) is 2.99. The highest BCUT2D eigenvalue weighted by Gasteiger charge is 1.88. The average Bonchev–Trinajstić information content (AvgIpc) is 2.03. The maximum atomic E-state index is 2.33. The molecule has 0 saturated carbocycles. The minimum Gasteiger partial charge on any atom is -0.0890 e. The molecule has 0 amide bonds. The molecule has 0 atom stereocenters. The zero-order valence-electron chi connectivity index (χ0n) is 5.59. The third kappa shape index (κ3) is 2.92. The lowest BCUT2D eigenvalue weighted by atomic mass is 10.2. The molecule has 0 aliphatic rings. The fourth-order valence-electron chi connectivity index (χ4n) is 0.801. The lowest BCUT2D eigenvalue weighted by Crippen LogP contribution is -1.84. The van der Waals surface area contributed by atoms with Crippen molar-refractivity contribution in [1.29, 1.82) is 0 Å².